The van der Waals surface area contributed by atoms with Crippen LogP contribution in [0.3, 0.4) is 0 Å². The summed E-state index contributed by atoms with van der Waals surface area (Å²) in [5, 5.41) is 2.63. The predicted octanol–water partition coefficient (Wildman–Crippen LogP) is 7.92. The zero-order valence-corrected chi connectivity index (χ0v) is 17.5. The van der Waals surface area contributed by atoms with Gasteiger partial charge in [0.15, 0.2) is 5.76 Å². The van der Waals surface area contributed by atoms with Crippen LogP contribution in [0.4, 0.5) is 0 Å². The third kappa shape index (κ3) is 3.81. The van der Waals surface area contributed by atoms with Gasteiger partial charge in [0, 0.05) is 32.2 Å². The first-order valence-corrected chi connectivity index (χ1v) is 10.5. The SMILES string of the molecule is O=C(c1ccc(Cl)cc1)c1oc2ccccc2c1CSc1c(Cl)cccc1Cl. The predicted molar refractivity (Wildman–Crippen MR) is 117 cm³/mol. The zero-order valence-electron chi connectivity index (χ0n) is 14.4. The van der Waals surface area contributed by atoms with Crippen LogP contribution in [-0.2, 0) is 5.75 Å². The Morgan fingerprint density at radius 1 is 0.857 bits per heavy atom. The average molecular weight is 448 g/mol. The normalized spacial score (nSPS) is 11.1. The van der Waals surface area contributed by atoms with Gasteiger partial charge >= 0.3 is 0 Å². The topological polar surface area (TPSA) is 30.2 Å². The summed E-state index contributed by atoms with van der Waals surface area (Å²) in [5.74, 6) is 0.628. The average Bonchev–Trinajstić information content (AvgIpc) is 3.06. The van der Waals surface area contributed by atoms with Crippen LogP contribution in [0.1, 0.15) is 21.7 Å². The highest BCUT2D eigenvalue weighted by Crippen LogP contribution is 2.39. The van der Waals surface area contributed by atoms with Crippen LogP contribution in [0.5, 0.6) is 0 Å². The zero-order chi connectivity index (χ0) is 19.7. The summed E-state index contributed by atoms with van der Waals surface area (Å²) in [6.45, 7) is 0. The van der Waals surface area contributed by atoms with Crippen molar-refractivity contribution in [2.24, 2.45) is 0 Å². The third-order valence-electron chi connectivity index (χ3n) is 4.29. The van der Waals surface area contributed by atoms with Crippen molar-refractivity contribution < 1.29 is 9.21 Å². The summed E-state index contributed by atoms with van der Waals surface area (Å²) in [7, 11) is 0. The van der Waals surface area contributed by atoms with E-state index in [-0.39, 0.29) is 5.78 Å². The van der Waals surface area contributed by atoms with E-state index in [4.69, 9.17) is 39.2 Å². The van der Waals surface area contributed by atoms with Crippen LogP contribution >= 0.6 is 46.6 Å². The molecule has 4 rings (SSSR count). The maximum absolute atomic E-state index is 13.1. The number of para-hydroxylation sites is 1. The van der Waals surface area contributed by atoms with Crippen LogP contribution < -0.4 is 0 Å². The standard InChI is InChI=1S/C22H13Cl3O2S/c23-14-10-8-13(9-11-14)20(26)21-16(15-4-1-2-7-19(15)27-21)12-28-22-17(24)5-3-6-18(22)25/h1-11H,12H2. The van der Waals surface area contributed by atoms with E-state index < -0.39 is 0 Å². The van der Waals surface area contributed by atoms with Crippen LogP contribution in [0.2, 0.25) is 15.1 Å². The van der Waals surface area contributed by atoms with Crippen molar-refractivity contribution in [3.05, 3.63) is 98.7 Å². The van der Waals surface area contributed by atoms with Crippen molar-refractivity contribution in [2.45, 2.75) is 10.6 Å². The molecule has 0 unspecified atom stereocenters. The number of fused-ring (bicyclic) bond motifs is 1. The molecule has 0 bridgehead atoms. The number of benzene rings is 3. The second-order valence-electron chi connectivity index (χ2n) is 6.08. The molecule has 28 heavy (non-hydrogen) atoms. The highest BCUT2D eigenvalue weighted by molar-refractivity contribution is 7.98. The molecule has 0 saturated heterocycles. The van der Waals surface area contributed by atoms with E-state index in [1.165, 1.54) is 11.8 Å². The first-order valence-electron chi connectivity index (χ1n) is 8.42. The van der Waals surface area contributed by atoms with Crippen molar-refractivity contribution in [3.63, 3.8) is 0 Å². The third-order valence-corrected chi connectivity index (χ3v) is 6.56. The number of halogens is 3. The summed E-state index contributed by atoms with van der Waals surface area (Å²) in [6.07, 6.45) is 0. The molecule has 0 aliphatic heterocycles. The van der Waals surface area contributed by atoms with Gasteiger partial charge < -0.3 is 4.42 Å². The van der Waals surface area contributed by atoms with Gasteiger partial charge in [0.05, 0.1) is 10.0 Å². The molecule has 140 valence electrons. The Labute approximate surface area is 181 Å². The minimum absolute atomic E-state index is 0.186. The summed E-state index contributed by atoms with van der Waals surface area (Å²) in [6, 6.07) is 19.8. The minimum Gasteiger partial charge on any atom is -0.452 e. The van der Waals surface area contributed by atoms with Crippen molar-refractivity contribution in [1.29, 1.82) is 0 Å². The quantitative estimate of drug-likeness (QED) is 0.230. The molecule has 0 aliphatic carbocycles. The number of rotatable bonds is 5. The van der Waals surface area contributed by atoms with E-state index in [1.54, 1.807) is 42.5 Å². The van der Waals surface area contributed by atoms with Gasteiger partial charge in [-0.05, 0) is 42.5 Å². The molecule has 0 fully saturated rings. The fourth-order valence-electron chi connectivity index (χ4n) is 2.92. The highest BCUT2D eigenvalue weighted by Gasteiger charge is 2.22. The molecule has 0 aliphatic rings. The fourth-order valence-corrected chi connectivity index (χ4v) is 4.76. The van der Waals surface area contributed by atoms with E-state index in [1.807, 2.05) is 24.3 Å². The second kappa shape index (κ2) is 8.22. The number of carbonyl (C=O) groups is 1. The molecule has 2 nitrogen and oxygen atoms in total. The number of hydrogen-bond donors (Lipinski definition) is 0. The lowest BCUT2D eigenvalue weighted by Crippen LogP contribution is -2.02. The lowest BCUT2D eigenvalue weighted by Gasteiger charge is -2.07. The minimum atomic E-state index is -0.186. The van der Waals surface area contributed by atoms with Gasteiger partial charge in [0.2, 0.25) is 5.78 Å². The molecule has 0 amide bonds. The molecule has 3 aromatic carbocycles. The number of carbonyl (C=O) groups excluding carboxylic acids is 1. The number of thioether (sulfide) groups is 1. The number of hydrogen-bond acceptors (Lipinski definition) is 3. The Hall–Kier alpha value is -1.91. The Kier molecular flexibility index (Phi) is 5.70. The largest absolute Gasteiger partial charge is 0.452 e. The Balaban J connectivity index is 1.75. The monoisotopic (exact) mass is 446 g/mol. The Morgan fingerprint density at radius 2 is 1.54 bits per heavy atom. The molecule has 0 saturated carbocycles. The lowest BCUT2D eigenvalue weighted by molar-refractivity contribution is 0.101. The van der Waals surface area contributed by atoms with Crippen LogP contribution in [0.15, 0.2) is 76.0 Å². The molecular formula is C22H13Cl3O2S. The molecule has 0 N–H and O–H groups in total. The van der Waals surface area contributed by atoms with Crippen LogP contribution in [0.25, 0.3) is 11.0 Å². The summed E-state index contributed by atoms with van der Waals surface area (Å²) < 4.78 is 5.93. The van der Waals surface area contributed by atoms with Crippen molar-refractivity contribution in [3.8, 4) is 0 Å². The van der Waals surface area contributed by atoms with Crippen LogP contribution in [0, 0.1) is 0 Å². The van der Waals surface area contributed by atoms with Gasteiger partial charge in [-0.25, -0.2) is 0 Å². The summed E-state index contributed by atoms with van der Waals surface area (Å²) >= 11 is 20.0. The Morgan fingerprint density at radius 3 is 2.25 bits per heavy atom. The molecule has 1 aromatic heterocycles. The van der Waals surface area contributed by atoms with E-state index >= 15 is 0 Å². The molecule has 6 heteroatoms. The van der Waals surface area contributed by atoms with E-state index in [0.717, 1.165) is 15.8 Å². The molecular weight excluding hydrogens is 435 g/mol. The van der Waals surface area contributed by atoms with Crippen LogP contribution in [-0.4, -0.2) is 5.78 Å². The smallest absolute Gasteiger partial charge is 0.228 e. The van der Waals surface area contributed by atoms with Gasteiger partial charge in [-0.2, -0.15) is 0 Å². The maximum atomic E-state index is 13.1. The molecule has 1 heterocycles. The van der Waals surface area contributed by atoms with E-state index in [0.29, 0.717) is 37.7 Å². The maximum Gasteiger partial charge on any atom is 0.228 e. The Bertz CT molecular complexity index is 1150. The van der Waals surface area contributed by atoms with E-state index in [2.05, 4.69) is 0 Å². The van der Waals surface area contributed by atoms with Gasteiger partial charge in [0.25, 0.3) is 0 Å². The molecule has 4 aromatic rings. The molecule has 0 atom stereocenters. The van der Waals surface area contributed by atoms with Gasteiger partial charge in [-0.1, -0.05) is 59.1 Å². The second-order valence-corrected chi connectivity index (χ2v) is 8.32. The highest BCUT2D eigenvalue weighted by atomic mass is 35.5. The first-order chi connectivity index (χ1) is 13.5. The van der Waals surface area contributed by atoms with E-state index in [9.17, 15) is 4.79 Å². The first kappa shape index (κ1) is 19.4. The van der Waals surface area contributed by atoms with Gasteiger partial charge in [0.1, 0.15) is 5.58 Å². The molecule has 0 spiro atoms. The number of ketones is 1. The number of furan rings is 1. The van der Waals surface area contributed by atoms with Crippen molar-refractivity contribution in [2.75, 3.05) is 0 Å². The van der Waals surface area contributed by atoms with Gasteiger partial charge in [-0.15, -0.1) is 11.8 Å². The summed E-state index contributed by atoms with van der Waals surface area (Å²) in [4.78, 5) is 13.9. The molecule has 0 radical (unpaired) electrons. The fraction of sp³-hybridized carbons (Fsp3) is 0.0455. The summed E-state index contributed by atoms with van der Waals surface area (Å²) in [5.41, 5.74) is 2.00. The van der Waals surface area contributed by atoms with Gasteiger partial charge in [-0.3, -0.25) is 4.79 Å². The van der Waals surface area contributed by atoms with Crippen molar-refractivity contribution >= 4 is 63.3 Å². The lowest BCUT2D eigenvalue weighted by atomic mass is 10.0. The van der Waals surface area contributed by atoms with Crippen molar-refractivity contribution in [1.82, 2.24) is 0 Å².